The van der Waals surface area contributed by atoms with E-state index < -0.39 is 0 Å². The highest BCUT2D eigenvalue weighted by Crippen LogP contribution is 2.25. The Balaban J connectivity index is 2.04. The van der Waals surface area contributed by atoms with Gasteiger partial charge in [-0.2, -0.15) is 0 Å². The molecule has 3 nitrogen and oxygen atoms in total. The molecule has 0 aliphatic carbocycles. The number of hydrogen-bond acceptors (Lipinski definition) is 4. The zero-order valence-corrected chi connectivity index (χ0v) is 12.5. The summed E-state index contributed by atoms with van der Waals surface area (Å²) in [5.74, 6) is 1.46. The van der Waals surface area contributed by atoms with Gasteiger partial charge < -0.3 is 10.1 Å². The lowest BCUT2D eigenvalue weighted by Crippen LogP contribution is -2.05. The molecule has 0 amide bonds. The Morgan fingerprint density at radius 2 is 2.00 bits per heavy atom. The van der Waals surface area contributed by atoms with Gasteiger partial charge in [-0.1, -0.05) is 13.8 Å². The number of benzene rings is 1. The first-order valence-electron chi connectivity index (χ1n) is 6.51. The lowest BCUT2D eigenvalue weighted by Gasteiger charge is -2.08. The van der Waals surface area contributed by atoms with Gasteiger partial charge in [-0.15, -0.1) is 11.3 Å². The summed E-state index contributed by atoms with van der Waals surface area (Å²) in [7, 11) is 1.93. The minimum Gasteiger partial charge on any atom is -0.493 e. The molecule has 0 unspecified atom stereocenters. The normalized spacial score (nSPS) is 10.9. The Bertz CT molecular complexity index is 505. The van der Waals surface area contributed by atoms with E-state index in [1.807, 2.05) is 19.2 Å². The van der Waals surface area contributed by atoms with Crippen LogP contribution in [0.1, 0.15) is 19.5 Å². The maximum atomic E-state index is 5.68. The molecule has 19 heavy (non-hydrogen) atoms. The molecule has 0 atom stereocenters. The number of thiazole rings is 1. The molecular formula is C15H20N2OS. The van der Waals surface area contributed by atoms with Crippen LogP contribution in [0.25, 0.3) is 10.6 Å². The first kappa shape index (κ1) is 14.0. The van der Waals surface area contributed by atoms with Crippen molar-refractivity contribution in [2.24, 2.45) is 5.92 Å². The van der Waals surface area contributed by atoms with Gasteiger partial charge in [0, 0.05) is 17.5 Å². The maximum Gasteiger partial charge on any atom is 0.123 e. The third-order valence-electron chi connectivity index (χ3n) is 2.59. The molecule has 1 aromatic heterocycles. The molecule has 0 radical (unpaired) electrons. The number of nitrogens with zero attached hydrogens (tertiary/aromatic N) is 1. The Labute approximate surface area is 118 Å². The fourth-order valence-corrected chi connectivity index (χ4v) is 2.48. The molecule has 2 rings (SSSR count). The third-order valence-corrected chi connectivity index (χ3v) is 3.53. The summed E-state index contributed by atoms with van der Waals surface area (Å²) >= 11 is 1.67. The molecule has 0 aliphatic heterocycles. The summed E-state index contributed by atoms with van der Waals surface area (Å²) in [6, 6.07) is 8.16. The second kappa shape index (κ2) is 6.68. The number of hydrogen-bond donors (Lipinski definition) is 1. The van der Waals surface area contributed by atoms with Crippen LogP contribution in [0.3, 0.4) is 0 Å². The van der Waals surface area contributed by atoms with Crippen LogP contribution in [-0.4, -0.2) is 18.6 Å². The molecule has 1 aromatic carbocycles. The summed E-state index contributed by atoms with van der Waals surface area (Å²) in [5, 5.41) is 6.26. The fraction of sp³-hybridized carbons (Fsp3) is 0.400. The third kappa shape index (κ3) is 4.04. The predicted octanol–water partition coefficient (Wildman–Crippen LogP) is 3.56. The van der Waals surface area contributed by atoms with Gasteiger partial charge >= 0.3 is 0 Å². The molecule has 0 saturated heterocycles. The van der Waals surface area contributed by atoms with Gasteiger partial charge in [-0.25, -0.2) is 4.98 Å². The Kier molecular flexibility index (Phi) is 4.93. The lowest BCUT2D eigenvalue weighted by molar-refractivity contribution is 0.271. The predicted molar refractivity (Wildman–Crippen MR) is 80.6 cm³/mol. The summed E-state index contributed by atoms with van der Waals surface area (Å²) in [4.78, 5) is 4.59. The van der Waals surface area contributed by atoms with Crippen LogP contribution in [-0.2, 0) is 6.54 Å². The molecular weight excluding hydrogens is 256 g/mol. The van der Waals surface area contributed by atoms with Gasteiger partial charge in [0.15, 0.2) is 0 Å². The van der Waals surface area contributed by atoms with E-state index in [0.29, 0.717) is 5.92 Å². The summed E-state index contributed by atoms with van der Waals surface area (Å²) in [6.07, 6.45) is 0. The average molecular weight is 276 g/mol. The molecule has 1 heterocycles. The maximum absolute atomic E-state index is 5.68. The van der Waals surface area contributed by atoms with E-state index in [2.05, 4.69) is 41.7 Å². The highest BCUT2D eigenvalue weighted by atomic mass is 32.1. The summed E-state index contributed by atoms with van der Waals surface area (Å²) in [6.45, 7) is 5.86. The minimum atomic E-state index is 0.544. The molecule has 2 aromatic rings. The van der Waals surface area contributed by atoms with E-state index in [1.165, 1.54) is 0 Å². The van der Waals surface area contributed by atoms with Crippen molar-refractivity contribution in [3.05, 3.63) is 35.3 Å². The van der Waals surface area contributed by atoms with Crippen LogP contribution in [0.5, 0.6) is 5.75 Å². The molecule has 0 spiro atoms. The van der Waals surface area contributed by atoms with Crippen molar-refractivity contribution in [1.82, 2.24) is 10.3 Å². The van der Waals surface area contributed by atoms with E-state index in [9.17, 15) is 0 Å². The van der Waals surface area contributed by atoms with Gasteiger partial charge in [0.25, 0.3) is 0 Å². The molecule has 1 N–H and O–H groups in total. The number of aromatic nitrogens is 1. The van der Waals surface area contributed by atoms with Crippen LogP contribution in [0.15, 0.2) is 29.6 Å². The van der Waals surface area contributed by atoms with Crippen LogP contribution in [0.4, 0.5) is 0 Å². The van der Waals surface area contributed by atoms with E-state index in [4.69, 9.17) is 4.74 Å². The topological polar surface area (TPSA) is 34.1 Å². The van der Waals surface area contributed by atoms with Crippen LogP contribution < -0.4 is 10.1 Å². The van der Waals surface area contributed by atoms with Crippen LogP contribution in [0.2, 0.25) is 0 Å². The molecule has 0 fully saturated rings. The van der Waals surface area contributed by atoms with E-state index in [1.54, 1.807) is 11.3 Å². The van der Waals surface area contributed by atoms with Gasteiger partial charge in [0.2, 0.25) is 0 Å². The largest absolute Gasteiger partial charge is 0.493 e. The van der Waals surface area contributed by atoms with Crippen molar-refractivity contribution in [1.29, 1.82) is 0 Å². The SMILES string of the molecule is CNCc1csc(-c2ccc(OCC(C)C)cc2)n1. The van der Waals surface area contributed by atoms with Crippen molar-refractivity contribution < 1.29 is 4.74 Å². The Morgan fingerprint density at radius 1 is 1.26 bits per heavy atom. The molecule has 0 aliphatic rings. The van der Waals surface area contributed by atoms with Crippen molar-refractivity contribution in [3.63, 3.8) is 0 Å². The van der Waals surface area contributed by atoms with Crippen molar-refractivity contribution in [2.45, 2.75) is 20.4 Å². The van der Waals surface area contributed by atoms with Gasteiger partial charge in [-0.3, -0.25) is 0 Å². The van der Waals surface area contributed by atoms with Crippen molar-refractivity contribution in [3.8, 4) is 16.3 Å². The van der Waals surface area contributed by atoms with E-state index >= 15 is 0 Å². The van der Waals surface area contributed by atoms with Gasteiger partial charge in [-0.05, 0) is 37.2 Å². The lowest BCUT2D eigenvalue weighted by atomic mass is 10.2. The monoisotopic (exact) mass is 276 g/mol. The smallest absolute Gasteiger partial charge is 0.123 e. The number of ether oxygens (including phenoxy) is 1. The molecule has 0 bridgehead atoms. The Hall–Kier alpha value is -1.39. The zero-order chi connectivity index (χ0) is 13.7. The second-order valence-corrected chi connectivity index (χ2v) is 5.76. The average Bonchev–Trinajstić information content (AvgIpc) is 2.86. The standard InChI is InChI=1S/C15H20N2OS/c1-11(2)9-18-14-6-4-12(5-7-14)15-17-13(8-16-3)10-19-15/h4-7,10-11,16H,8-9H2,1-3H3. The fourth-order valence-electron chi connectivity index (χ4n) is 1.66. The molecule has 0 saturated carbocycles. The zero-order valence-electron chi connectivity index (χ0n) is 11.6. The molecule has 4 heteroatoms. The number of rotatable bonds is 6. The Morgan fingerprint density at radius 3 is 2.63 bits per heavy atom. The highest BCUT2D eigenvalue weighted by molar-refractivity contribution is 7.13. The van der Waals surface area contributed by atoms with Gasteiger partial charge in [0.05, 0.1) is 12.3 Å². The quantitative estimate of drug-likeness (QED) is 0.876. The summed E-state index contributed by atoms with van der Waals surface area (Å²) in [5.41, 5.74) is 2.23. The van der Waals surface area contributed by atoms with Crippen LogP contribution >= 0.6 is 11.3 Å². The minimum absolute atomic E-state index is 0.544. The van der Waals surface area contributed by atoms with Crippen LogP contribution in [0, 0.1) is 5.92 Å². The van der Waals surface area contributed by atoms with E-state index in [0.717, 1.165) is 35.2 Å². The first-order chi connectivity index (χ1) is 9.19. The second-order valence-electron chi connectivity index (χ2n) is 4.90. The van der Waals surface area contributed by atoms with Gasteiger partial charge in [0.1, 0.15) is 10.8 Å². The van der Waals surface area contributed by atoms with Crippen molar-refractivity contribution in [2.75, 3.05) is 13.7 Å². The van der Waals surface area contributed by atoms with E-state index in [-0.39, 0.29) is 0 Å². The highest BCUT2D eigenvalue weighted by Gasteiger charge is 2.05. The first-order valence-corrected chi connectivity index (χ1v) is 7.39. The summed E-state index contributed by atoms with van der Waals surface area (Å²) < 4.78 is 5.68. The number of nitrogens with one attached hydrogen (secondary N) is 1. The molecule has 102 valence electrons. The van der Waals surface area contributed by atoms with Crippen molar-refractivity contribution >= 4 is 11.3 Å².